The molecule has 0 fully saturated rings. The maximum atomic E-state index is 9.84. The molecule has 112 valence electrons. The molecule has 23 heavy (non-hydrogen) atoms. The maximum Gasteiger partial charge on any atom is 0.160 e. The van der Waals surface area contributed by atoms with E-state index in [2.05, 4.69) is 11.1 Å². The lowest BCUT2D eigenvalue weighted by Crippen LogP contribution is -1.89. The second-order valence-corrected chi connectivity index (χ2v) is 4.99. The van der Waals surface area contributed by atoms with Crippen molar-refractivity contribution in [1.29, 1.82) is 5.26 Å². The van der Waals surface area contributed by atoms with Crippen LogP contribution in [0, 0.1) is 11.3 Å². The van der Waals surface area contributed by atoms with E-state index in [4.69, 9.17) is 4.74 Å². The van der Waals surface area contributed by atoms with Gasteiger partial charge in [-0.25, -0.2) is 4.98 Å². The zero-order valence-electron chi connectivity index (χ0n) is 12.5. The first kappa shape index (κ1) is 14.6. The lowest BCUT2D eigenvalue weighted by molar-refractivity contribution is 0.373. The molecule has 0 amide bonds. The van der Waals surface area contributed by atoms with E-state index in [1.165, 1.54) is 7.11 Å². The number of nitriles is 1. The quantitative estimate of drug-likeness (QED) is 0.742. The van der Waals surface area contributed by atoms with E-state index in [9.17, 15) is 10.4 Å². The monoisotopic (exact) mass is 302 g/mol. The number of pyridine rings is 1. The molecule has 0 aliphatic heterocycles. The molecule has 0 bridgehead atoms. The first-order valence-electron chi connectivity index (χ1n) is 7.06. The van der Waals surface area contributed by atoms with Crippen molar-refractivity contribution in [3.8, 4) is 17.6 Å². The minimum Gasteiger partial charge on any atom is -0.504 e. The van der Waals surface area contributed by atoms with E-state index in [1.807, 2.05) is 36.4 Å². The Hall–Kier alpha value is -3.32. The van der Waals surface area contributed by atoms with Crippen molar-refractivity contribution < 1.29 is 9.84 Å². The van der Waals surface area contributed by atoms with E-state index in [0.717, 1.165) is 10.9 Å². The summed E-state index contributed by atoms with van der Waals surface area (Å²) in [5, 5.41) is 20.3. The Balaban J connectivity index is 2.04. The molecule has 0 saturated heterocycles. The van der Waals surface area contributed by atoms with E-state index in [0.29, 0.717) is 22.6 Å². The van der Waals surface area contributed by atoms with Crippen LogP contribution in [-0.4, -0.2) is 17.2 Å². The van der Waals surface area contributed by atoms with Gasteiger partial charge in [-0.1, -0.05) is 30.3 Å². The van der Waals surface area contributed by atoms with E-state index in [1.54, 1.807) is 24.3 Å². The number of phenols is 1. The number of fused-ring (bicyclic) bond motifs is 1. The number of nitrogens with zero attached hydrogens (tertiary/aromatic N) is 2. The number of rotatable bonds is 3. The van der Waals surface area contributed by atoms with Crippen molar-refractivity contribution in [3.05, 3.63) is 65.9 Å². The molecule has 0 aliphatic carbocycles. The molecule has 1 N–H and O–H groups in total. The third-order valence-corrected chi connectivity index (χ3v) is 3.51. The number of aromatic nitrogens is 1. The fraction of sp³-hybridized carbons (Fsp3) is 0.0526. The fourth-order valence-electron chi connectivity index (χ4n) is 2.34. The predicted octanol–water partition coefficient (Wildman–Crippen LogP) is 4.01. The molecule has 0 atom stereocenters. The molecule has 1 aromatic heterocycles. The fourth-order valence-corrected chi connectivity index (χ4v) is 2.34. The number of methoxy groups -OCH3 is 1. The molecular formula is C19H14N2O2. The highest BCUT2D eigenvalue weighted by atomic mass is 16.5. The molecule has 0 saturated carbocycles. The molecule has 3 aromatic rings. The summed E-state index contributed by atoms with van der Waals surface area (Å²) in [5.41, 5.74) is 2.57. The van der Waals surface area contributed by atoms with Crippen LogP contribution in [0.5, 0.6) is 11.5 Å². The Labute approximate surface area is 133 Å². The summed E-state index contributed by atoms with van der Waals surface area (Å²) in [4.78, 5) is 4.52. The van der Waals surface area contributed by atoms with Crippen molar-refractivity contribution in [2.45, 2.75) is 0 Å². The maximum absolute atomic E-state index is 9.84. The average Bonchev–Trinajstić information content (AvgIpc) is 2.59. The van der Waals surface area contributed by atoms with Crippen LogP contribution in [-0.2, 0) is 0 Å². The predicted molar refractivity (Wildman–Crippen MR) is 89.9 cm³/mol. The summed E-state index contributed by atoms with van der Waals surface area (Å²) in [7, 11) is 1.49. The first-order chi connectivity index (χ1) is 11.2. The third-order valence-electron chi connectivity index (χ3n) is 3.51. The Morgan fingerprint density at radius 3 is 2.74 bits per heavy atom. The zero-order chi connectivity index (χ0) is 16.2. The number of allylic oxidation sites excluding steroid dienone is 1. The molecule has 0 spiro atoms. The van der Waals surface area contributed by atoms with Crippen molar-refractivity contribution in [2.24, 2.45) is 0 Å². The summed E-state index contributed by atoms with van der Waals surface area (Å²) in [5.74, 6) is 0.425. The Kier molecular flexibility index (Phi) is 3.94. The lowest BCUT2D eigenvalue weighted by atomic mass is 10.1. The molecular weight excluding hydrogens is 288 g/mol. The van der Waals surface area contributed by atoms with Crippen LogP contribution in [0.3, 0.4) is 0 Å². The van der Waals surface area contributed by atoms with E-state index >= 15 is 0 Å². The summed E-state index contributed by atoms with van der Waals surface area (Å²) in [6.45, 7) is 0. The van der Waals surface area contributed by atoms with Crippen molar-refractivity contribution in [1.82, 2.24) is 4.98 Å². The summed E-state index contributed by atoms with van der Waals surface area (Å²) in [6.07, 6.45) is 1.69. The number of phenolic OH excluding ortho intramolecular Hbond substituents is 1. The van der Waals surface area contributed by atoms with Gasteiger partial charge in [0.05, 0.1) is 23.9 Å². The van der Waals surface area contributed by atoms with Crippen LogP contribution >= 0.6 is 0 Å². The van der Waals surface area contributed by atoms with Gasteiger partial charge in [-0.15, -0.1) is 0 Å². The van der Waals surface area contributed by atoms with E-state index in [-0.39, 0.29) is 5.75 Å². The number of ether oxygens (including phenoxy) is 1. The first-order valence-corrected chi connectivity index (χ1v) is 7.06. The SMILES string of the molecule is COc1ccc(/C=C(\C#N)c2ccc3ccccc3n2)cc1O. The van der Waals surface area contributed by atoms with Crippen LogP contribution in [0.4, 0.5) is 0 Å². The van der Waals surface area contributed by atoms with Crippen molar-refractivity contribution >= 4 is 22.6 Å². The lowest BCUT2D eigenvalue weighted by Gasteiger charge is -2.05. The van der Waals surface area contributed by atoms with Crippen LogP contribution < -0.4 is 4.74 Å². The third kappa shape index (κ3) is 2.99. The standard InChI is InChI=1S/C19H14N2O2/c1-23-19-9-6-13(11-18(19)22)10-15(12-20)17-8-7-14-4-2-3-5-16(14)21-17/h2-11,22H,1H3/b15-10+. The Morgan fingerprint density at radius 2 is 2.00 bits per heavy atom. The topological polar surface area (TPSA) is 66.1 Å². The van der Waals surface area contributed by atoms with Gasteiger partial charge in [-0.3, -0.25) is 0 Å². The van der Waals surface area contributed by atoms with Gasteiger partial charge >= 0.3 is 0 Å². The van der Waals surface area contributed by atoms with Crippen LogP contribution in [0.15, 0.2) is 54.6 Å². The van der Waals surface area contributed by atoms with E-state index < -0.39 is 0 Å². The van der Waals surface area contributed by atoms with Gasteiger partial charge in [0.25, 0.3) is 0 Å². The molecule has 0 unspecified atom stereocenters. The Bertz CT molecular complexity index is 939. The van der Waals surface area contributed by atoms with Crippen LogP contribution in [0.2, 0.25) is 0 Å². The van der Waals surface area contributed by atoms with Gasteiger partial charge in [0.2, 0.25) is 0 Å². The van der Waals surface area contributed by atoms with Crippen LogP contribution in [0.1, 0.15) is 11.3 Å². The van der Waals surface area contributed by atoms with Crippen molar-refractivity contribution in [3.63, 3.8) is 0 Å². The summed E-state index contributed by atoms with van der Waals surface area (Å²) >= 11 is 0. The largest absolute Gasteiger partial charge is 0.504 e. The van der Waals surface area contributed by atoms with Gasteiger partial charge < -0.3 is 9.84 Å². The van der Waals surface area contributed by atoms with Crippen molar-refractivity contribution in [2.75, 3.05) is 7.11 Å². The molecule has 0 aliphatic rings. The van der Waals surface area contributed by atoms with Gasteiger partial charge in [0, 0.05) is 5.39 Å². The molecule has 4 heteroatoms. The normalized spacial score (nSPS) is 11.2. The summed E-state index contributed by atoms with van der Waals surface area (Å²) in [6, 6.07) is 18.7. The second-order valence-electron chi connectivity index (χ2n) is 4.99. The molecule has 2 aromatic carbocycles. The van der Waals surface area contributed by atoms with Crippen LogP contribution in [0.25, 0.3) is 22.6 Å². The average molecular weight is 302 g/mol. The molecule has 0 radical (unpaired) electrons. The highest BCUT2D eigenvalue weighted by Crippen LogP contribution is 2.28. The highest BCUT2D eigenvalue weighted by molar-refractivity contribution is 5.91. The number of benzene rings is 2. The zero-order valence-corrected chi connectivity index (χ0v) is 12.5. The number of hydrogen-bond donors (Lipinski definition) is 1. The minimum atomic E-state index is 0.0324. The molecule has 4 nitrogen and oxygen atoms in total. The Morgan fingerprint density at radius 1 is 1.17 bits per heavy atom. The minimum absolute atomic E-state index is 0.0324. The number of hydrogen-bond acceptors (Lipinski definition) is 4. The highest BCUT2D eigenvalue weighted by Gasteiger charge is 2.06. The smallest absolute Gasteiger partial charge is 0.160 e. The van der Waals surface area contributed by atoms with Gasteiger partial charge in [-0.2, -0.15) is 5.26 Å². The van der Waals surface area contributed by atoms with Gasteiger partial charge in [0.15, 0.2) is 11.5 Å². The number of aromatic hydroxyl groups is 1. The molecule has 1 heterocycles. The number of para-hydroxylation sites is 1. The van der Waals surface area contributed by atoms with Gasteiger partial charge in [-0.05, 0) is 35.9 Å². The summed E-state index contributed by atoms with van der Waals surface area (Å²) < 4.78 is 5.02. The second kappa shape index (κ2) is 6.20. The molecule has 3 rings (SSSR count). The van der Waals surface area contributed by atoms with Gasteiger partial charge in [0.1, 0.15) is 6.07 Å².